The molecule has 1 heterocycles. The third kappa shape index (κ3) is 3.59. The van der Waals surface area contributed by atoms with Gasteiger partial charge in [-0.1, -0.05) is 23.2 Å². The maximum absolute atomic E-state index is 13.3. The van der Waals surface area contributed by atoms with Crippen LogP contribution >= 0.6 is 34.8 Å². The van der Waals surface area contributed by atoms with Gasteiger partial charge in [0.15, 0.2) is 5.82 Å². The summed E-state index contributed by atoms with van der Waals surface area (Å²) >= 11 is 17.1. The molecule has 0 bridgehead atoms. The summed E-state index contributed by atoms with van der Waals surface area (Å²) in [6.07, 6.45) is 0. The summed E-state index contributed by atoms with van der Waals surface area (Å²) in [5, 5.41) is 2.51. The van der Waals surface area contributed by atoms with Crippen LogP contribution in [-0.4, -0.2) is 21.6 Å². The smallest absolute Gasteiger partial charge is 0.322 e. The summed E-state index contributed by atoms with van der Waals surface area (Å²) in [4.78, 5) is 11.6. The highest BCUT2D eigenvalue weighted by atomic mass is 35.5. The van der Waals surface area contributed by atoms with E-state index >= 15 is 0 Å². The number of nitrogens with zero attached hydrogens (tertiary/aromatic N) is 3. The second-order valence-electron chi connectivity index (χ2n) is 3.52. The van der Waals surface area contributed by atoms with Crippen molar-refractivity contribution in [3.8, 4) is 6.01 Å². The van der Waals surface area contributed by atoms with Crippen LogP contribution in [0.3, 0.4) is 0 Å². The van der Waals surface area contributed by atoms with Crippen molar-refractivity contribution in [2.24, 2.45) is 0 Å². The highest BCUT2D eigenvalue weighted by Crippen LogP contribution is 2.28. The molecular formula is C11H8Cl3FN4O. The first-order valence-electron chi connectivity index (χ1n) is 5.45. The van der Waals surface area contributed by atoms with Crippen LogP contribution in [0.1, 0.15) is 6.92 Å². The highest BCUT2D eigenvalue weighted by molar-refractivity contribution is 6.35. The van der Waals surface area contributed by atoms with Crippen LogP contribution in [0.15, 0.2) is 12.1 Å². The van der Waals surface area contributed by atoms with Crippen LogP contribution in [0.2, 0.25) is 15.3 Å². The molecule has 0 atom stereocenters. The van der Waals surface area contributed by atoms with Crippen molar-refractivity contribution in [1.82, 2.24) is 15.0 Å². The Bertz CT molecular complexity index is 618. The molecule has 9 heteroatoms. The highest BCUT2D eigenvalue weighted by Gasteiger charge is 2.10. The molecule has 20 heavy (non-hydrogen) atoms. The standard InChI is InChI=1S/C11H8Cl3FN4O/c1-2-20-11-18-9(14)17-10(19-11)16-5-3-6(12)8(15)7(13)4-5/h3-4H,2H2,1H3,(H,16,17,18,19). The van der Waals surface area contributed by atoms with Crippen molar-refractivity contribution in [3.05, 3.63) is 33.3 Å². The average molecular weight is 338 g/mol. The average Bonchev–Trinajstić information content (AvgIpc) is 2.35. The summed E-state index contributed by atoms with van der Waals surface area (Å²) in [7, 11) is 0. The Hall–Kier alpha value is -1.37. The van der Waals surface area contributed by atoms with Crippen molar-refractivity contribution in [2.75, 3.05) is 11.9 Å². The quantitative estimate of drug-likeness (QED) is 0.851. The van der Waals surface area contributed by atoms with Crippen LogP contribution in [0.4, 0.5) is 16.0 Å². The predicted octanol–water partition coefficient (Wildman–Crippen LogP) is 4.11. The number of ether oxygens (including phenoxy) is 1. The Morgan fingerprint density at radius 1 is 1.15 bits per heavy atom. The summed E-state index contributed by atoms with van der Waals surface area (Å²) in [5.74, 6) is -0.560. The van der Waals surface area contributed by atoms with Gasteiger partial charge < -0.3 is 10.1 Å². The van der Waals surface area contributed by atoms with E-state index in [1.807, 2.05) is 0 Å². The summed E-state index contributed by atoms with van der Waals surface area (Å²) in [6.45, 7) is 2.16. The molecule has 0 aliphatic carbocycles. The maximum Gasteiger partial charge on any atom is 0.322 e. The molecule has 0 aliphatic rings. The molecule has 0 saturated heterocycles. The molecule has 0 fully saturated rings. The predicted molar refractivity (Wildman–Crippen MR) is 75.7 cm³/mol. The van der Waals surface area contributed by atoms with Crippen LogP contribution < -0.4 is 10.1 Å². The normalized spacial score (nSPS) is 10.4. The molecule has 0 unspecified atom stereocenters. The minimum absolute atomic E-state index is 0.0368. The van der Waals surface area contributed by atoms with E-state index in [-0.39, 0.29) is 27.3 Å². The van der Waals surface area contributed by atoms with Crippen LogP contribution in [0, 0.1) is 5.82 Å². The molecule has 0 spiro atoms. The zero-order valence-corrected chi connectivity index (χ0v) is 12.4. The summed E-state index contributed by atoms with van der Waals surface area (Å²) in [5.41, 5.74) is 0.408. The molecular weight excluding hydrogens is 330 g/mol. The Morgan fingerprint density at radius 2 is 1.80 bits per heavy atom. The number of nitrogens with one attached hydrogen (secondary N) is 1. The number of rotatable bonds is 4. The van der Waals surface area contributed by atoms with Gasteiger partial charge in [0.2, 0.25) is 11.2 Å². The maximum atomic E-state index is 13.3. The monoisotopic (exact) mass is 336 g/mol. The molecule has 5 nitrogen and oxygen atoms in total. The van der Waals surface area contributed by atoms with Gasteiger partial charge in [0, 0.05) is 5.69 Å². The number of aromatic nitrogens is 3. The van der Waals surface area contributed by atoms with Crippen molar-refractivity contribution in [3.63, 3.8) is 0 Å². The minimum Gasteiger partial charge on any atom is -0.464 e. The van der Waals surface area contributed by atoms with Gasteiger partial charge >= 0.3 is 6.01 Å². The number of halogens is 4. The van der Waals surface area contributed by atoms with E-state index in [9.17, 15) is 4.39 Å². The van der Waals surface area contributed by atoms with Gasteiger partial charge in [0.1, 0.15) is 0 Å². The van der Waals surface area contributed by atoms with E-state index in [1.165, 1.54) is 12.1 Å². The van der Waals surface area contributed by atoms with E-state index in [4.69, 9.17) is 39.5 Å². The molecule has 106 valence electrons. The first-order valence-corrected chi connectivity index (χ1v) is 6.59. The second kappa shape index (κ2) is 6.39. The topological polar surface area (TPSA) is 59.9 Å². The largest absolute Gasteiger partial charge is 0.464 e. The molecule has 1 N–H and O–H groups in total. The Labute approximate surface area is 129 Å². The Balaban J connectivity index is 2.30. The molecule has 0 saturated carbocycles. The van der Waals surface area contributed by atoms with Crippen molar-refractivity contribution >= 4 is 46.4 Å². The molecule has 1 aromatic carbocycles. The van der Waals surface area contributed by atoms with Crippen molar-refractivity contribution < 1.29 is 9.13 Å². The first kappa shape index (κ1) is 15.0. The van der Waals surface area contributed by atoms with E-state index in [2.05, 4.69) is 20.3 Å². The van der Waals surface area contributed by atoms with E-state index in [1.54, 1.807) is 6.92 Å². The van der Waals surface area contributed by atoms with Crippen LogP contribution in [-0.2, 0) is 0 Å². The zero-order chi connectivity index (χ0) is 14.7. The van der Waals surface area contributed by atoms with Crippen LogP contribution in [0.25, 0.3) is 0 Å². The number of anilines is 2. The van der Waals surface area contributed by atoms with Gasteiger partial charge in [0.05, 0.1) is 16.7 Å². The van der Waals surface area contributed by atoms with E-state index < -0.39 is 5.82 Å². The Morgan fingerprint density at radius 3 is 2.40 bits per heavy atom. The zero-order valence-electron chi connectivity index (χ0n) is 10.1. The first-order chi connectivity index (χ1) is 9.49. The van der Waals surface area contributed by atoms with Gasteiger partial charge in [-0.2, -0.15) is 15.0 Å². The van der Waals surface area contributed by atoms with Gasteiger partial charge in [-0.05, 0) is 30.7 Å². The summed E-state index contributed by atoms with van der Waals surface area (Å²) in [6, 6.07) is 2.77. The fourth-order valence-electron chi connectivity index (χ4n) is 1.34. The molecule has 1 aromatic heterocycles. The molecule has 0 radical (unpaired) electrons. The van der Waals surface area contributed by atoms with Crippen molar-refractivity contribution in [1.29, 1.82) is 0 Å². The summed E-state index contributed by atoms with van der Waals surface area (Å²) < 4.78 is 18.4. The lowest BCUT2D eigenvalue weighted by Crippen LogP contribution is -2.04. The van der Waals surface area contributed by atoms with E-state index in [0.29, 0.717) is 12.3 Å². The van der Waals surface area contributed by atoms with Gasteiger partial charge in [-0.15, -0.1) is 0 Å². The van der Waals surface area contributed by atoms with Crippen molar-refractivity contribution in [2.45, 2.75) is 6.92 Å². The van der Waals surface area contributed by atoms with Gasteiger partial charge in [-0.25, -0.2) is 4.39 Å². The SMILES string of the molecule is CCOc1nc(Cl)nc(Nc2cc(Cl)c(F)c(Cl)c2)n1. The van der Waals surface area contributed by atoms with E-state index in [0.717, 1.165) is 0 Å². The fourth-order valence-corrected chi connectivity index (χ4v) is 1.98. The lowest BCUT2D eigenvalue weighted by atomic mass is 10.3. The van der Waals surface area contributed by atoms with Gasteiger partial charge in [-0.3, -0.25) is 0 Å². The fraction of sp³-hybridized carbons (Fsp3) is 0.182. The number of benzene rings is 1. The third-order valence-electron chi connectivity index (χ3n) is 2.10. The van der Waals surface area contributed by atoms with Gasteiger partial charge in [0.25, 0.3) is 0 Å². The third-order valence-corrected chi connectivity index (χ3v) is 2.82. The molecule has 2 aromatic rings. The lowest BCUT2D eigenvalue weighted by Gasteiger charge is -2.08. The lowest BCUT2D eigenvalue weighted by molar-refractivity contribution is 0.312. The Kier molecular flexibility index (Phi) is 4.80. The molecule has 0 aliphatic heterocycles. The minimum atomic E-state index is -0.692. The van der Waals surface area contributed by atoms with Crippen LogP contribution in [0.5, 0.6) is 6.01 Å². The molecule has 2 rings (SSSR count). The number of hydrogen-bond acceptors (Lipinski definition) is 5. The molecule has 0 amide bonds. The second-order valence-corrected chi connectivity index (χ2v) is 4.67. The number of hydrogen-bond donors (Lipinski definition) is 1.